The van der Waals surface area contributed by atoms with Gasteiger partial charge in [-0.05, 0) is 44.1 Å². The molecule has 0 saturated carbocycles. The van der Waals surface area contributed by atoms with E-state index in [0.717, 1.165) is 57.8 Å². The molecular weight excluding hydrogens is 264 g/mol. The van der Waals surface area contributed by atoms with Gasteiger partial charge < -0.3 is 10.2 Å². The van der Waals surface area contributed by atoms with Crippen LogP contribution >= 0.6 is 0 Å². The fourth-order valence-electron chi connectivity index (χ4n) is 3.07. The normalized spacial score (nSPS) is 21.1. The van der Waals surface area contributed by atoms with Crippen LogP contribution in [0, 0.1) is 0 Å². The van der Waals surface area contributed by atoms with Gasteiger partial charge in [0.15, 0.2) is 0 Å². The third-order valence-electron chi connectivity index (χ3n) is 4.42. The van der Waals surface area contributed by atoms with Crippen molar-refractivity contribution in [2.24, 2.45) is 0 Å². The minimum Gasteiger partial charge on any atom is -0.512 e. The zero-order valence-corrected chi connectivity index (χ0v) is 13.4. The summed E-state index contributed by atoms with van der Waals surface area (Å²) >= 11 is 0. The van der Waals surface area contributed by atoms with Crippen LogP contribution < -0.4 is 0 Å². The number of aliphatic hydroxyl groups is 1. The zero-order chi connectivity index (χ0) is 15.3. The molecule has 0 bridgehead atoms. The van der Waals surface area contributed by atoms with Gasteiger partial charge in [0.05, 0.1) is 5.76 Å². The summed E-state index contributed by atoms with van der Waals surface area (Å²) in [4.78, 5) is 10.4. The van der Waals surface area contributed by atoms with Crippen molar-refractivity contribution in [2.45, 2.75) is 96.3 Å². The lowest BCUT2D eigenvalue weighted by atomic mass is 9.95. The number of allylic oxidation sites excluding steroid dienone is 2. The fourth-order valence-corrected chi connectivity index (χ4v) is 3.07. The van der Waals surface area contributed by atoms with E-state index in [0.29, 0.717) is 12.2 Å². The Kier molecular flexibility index (Phi) is 10.0. The highest BCUT2D eigenvalue weighted by molar-refractivity contribution is 5.66. The summed E-state index contributed by atoms with van der Waals surface area (Å²) in [5.41, 5.74) is 1.29. The second-order valence-electron chi connectivity index (χ2n) is 6.33. The second-order valence-corrected chi connectivity index (χ2v) is 6.33. The van der Waals surface area contributed by atoms with Gasteiger partial charge >= 0.3 is 5.97 Å². The lowest BCUT2D eigenvalue weighted by molar-refractivity contribution is -0.137. The van der Waals surface area contributed by atoms with Crippen molar-refractivity contribution in [3.05, 3.63) is 11.3 Å². The third kappa shape index (κ3) is 9.54. The minimum absolute atomic E-state index is 0.298. The Morgan fingerprint density at radius 3 is 2.10 bits per heavy atom. The molecule has 0 aliphatic heterocycles. The van der Waals surface area contributed by atoms with Gasteiger partial charge in [-0.3, -0.25) is 4.79 Å². The van der Waals surface area contributed by atoms with E-state index in [1.54, 1.807) is 0 Å². The predicted octanol–water partition coefficient (Wildman–Crippen LogP) is 5.75. The molecule has 3 nitrogen and oxygen atoms in total. The quantitative estimate of drug-likeness (QED) is 0.561. The molecule has 0 unspecified atom stereocenters. The molecule has 21 heavy (non-hydrogen) atoms. The van der Waals surface area contributed by atoms with E-state index < -0.39 is 5.97 Å². The van der Waals surface area contributed by atoms with Crippen LogP contribution in [0.15, 0.2) is 11.3 Å². The van der Waals surface area contributed by atoms with Crippen LogP contribution in [0.4, 0.5) is 0 Å². The summed E-state index contributed by atoms with van der Waals surface area (Å²) in [5.74, 6) is -0.0191. The van der Waals surface area contributed by atoms with Gasteiger partial charge in [-0.25, -0.2) is 0 Å². The molecule has 122 valence electrons. The maximum Gasteiger partial charge on any atom is 0.303 e. The van der Waals surface area contributed by atoms with Crippen LogP contribution in [0.2, 0.25) is 0 Å². The molecule has 0 aromatic rings. The lowest BCUT2D eigenvalue weighted by Crippen LogP contribution is -1.97. The highest BCUT2D eigenvalue weighted by Gasteiger charge is 2.08. The molecule has 0 atom stereocenters. The van der Waals surface area contributed by atoms with Crippen LogP contribution in [0.25, 0.3) is 0 Å². The van der Waals surface area contributed by atoms with E-state index in [1.165, 1.54) is 37.7 Å². The Bertz CT molecular complexity index is 320. The van der Waals surface area contributed by atoms with E-state index in [-0.39, 0.29) is 0 Å². The summed E-state index contributed by atoms with van der Waals surface area (Å²) < 4.78 is 0. The van der Waals surface area contributed by atoms with Crippen molar-refractivity contribution in [3.8, 4) is 0 Å². The summed E-state index contributed by atoms with van der Waals surface area (Å²) in [6, 6.07) is 0. The maximum atomic E-state index is 10.4. The first-order valence-corrected chi connectivity index (χ1v) is 8.82. The number of carboxylic acids is 1. The van der Waals surface area contributed by atoms with Crippen molar-refractivity contribution >= 4 is 5.97 Å². The van der Waals surface area contributed by atoms with Crippen LogP contribution in [-0.4, -0.2) is 16.2 Å². The molecule has 1 rings (SSSR count). The molecule has 2 N–H and O–H groups in total. The summed E-state index contributed by atoms with van der Waals surface area (Å²) in [6.45, 7) is 0. The molecule has 3 heteroatoms. The van der Waals surface area contributed by atoms with Crippen molar-refractivity contribution in [1.82, 2.24) is 0 Å². The van der Waals surface area contributed by atoms with Gasteiger partial charge in [-0.15, -0.1) is 0 Å². The van der Waals surface area contributed by atoms with Crippen LogP contribution in [-0.2, 0) is 4.79 Å². The topological polar surface area (TPSA) is 57.5 Å². The van der Waals surface area contributed by atoms with Crippen molar-refractivity contribution in [2.75, 3.05) is 0 Å². The summed E-state index contributed by atoms with van der Waals surface area (Å²) in [7, 11) is 0. The first-order chi connectivity index (χ1) is 10.2. The molecule has 1 aliphatic rings. The Balaban J connectivity index is 2.18. The molecule has 0 aromatic carbocycles. The summed E-state index contributed by atoms with van der Waals surface area (Å²) in [5, 5.41) is 18.8. The van der Waals surface area contributed by atoms with Crippen molar-refractivity contribution < 1.29 is 15.0 Å². The first kappa shape index (κ1) is 18.1. The van der Waals surface area contributed by atoms with Crippen molar-refractivity contribution in [3.63, 3.8) is 0 Å². The van der Waals surface area contributed by atoms with Gasteiger partial charge in [0.1, 0.15) is 0 Å². The summed E-state index contributed by atoms with van der Waals surface area (Å²) in [6.07, 6.45) is 16.0. The fraction of sp³-hybridized carbons (Fsp3) is 0.833. The Hall–Kier alpha value is -0.990. The molecule has 0 radical (unpaired) electrons. The lowest BCUT2D eigenvalue weighted by Gasteiger charge is -2.13. The zero-order valence-electron chi connectivity index (χ0n) is 13.4. The second kappa shape index (κ2) is 11.6. The van der Waals surface area contributed by atoms with E-state index in [9.17, 15) is 9.90 Å². The number of rotatable bonds is 8. The first-order valence-electron chi connectivity index (χ1n) is 8.82. The largest absolute Gasteiger partial charge is 0.512 e. The number of aliphatic carboxylic acids is 1. The Labute approximate surface area is 129 Å². The average Bonchev–Trinajstić information content (AvgIpc) is 2.46. The predicted molar refractivity (Wildman–Crippen MR) is 86.5 cm³/mol. The SMILES string of the molecule is O=C(O)CCCCCCC/C1=C(\O)CCCCCCCC1. The highest BCUT2D eigenvalue weighted by Crippen LogP contribution is 2.24. The third-order valence-corrected chi connectivity index (χ3v) is 4.42. The Morgan fingerprint density at radius 1 is 0.810 bits per heavy atom. The number of hydrogen-bond acceptors (Lipinski definition) is 2. The van der Waals surface area contributed by atoms with Gasteiger partial charge in [-0.1, -0.05) is 44.9 Å². The standard InChI is InChI=1S/C18H32O3/c19-17-14-10-6-2-1-4-8-12-16(17)13-9-5-3-7-11-15-18(20)21/h19H,1-15H2,(H,20,21)/b17-16-. The van der Waals surface area contributed by atoms with Crippen LogP contribution in [0.3, 0.4) is 0 Å². The van der Waals surface area contributed by atoms with Gasteiger partial charge in [0.2, 0.25) is 0 Å². The smallest absolute Gasteiger partial charge is 0.303 e. The van der Waals surface area contributed by atoms with Gasteiger partial charge in [-0.2, -0.15) is 0 Å². The number of hydrogen-bond donors (Lipinski definition) is 2. The highest BCUT2D eigenvalue weighted by atomic mass is 16.4. The molecule has 0 saturated heterocycles. The monoisotopic (exact) mass is 296 g/mol. The molecule has 1 aliphatic carbocycles. The number of aliphatic hydroxyl groups excluding tert-OH is 1. The van der Waals surface area contributed by atoms with Crippen LogP contribution in [0.5, 0.6) is 0 Å². The number of carbonyl (C=O) groups is 1. The molecule has 0 spiro atoms. The van der Waals surface area contributed by atoms with E-state index in [1.807, 2.05) is 0 Å². The number of carboxylic acid groups (broad SMARTS) is 1. The van der Waals surface area contributed by atoms with E-state index >= 15 is 0 Å². The maximum absolute atomic E-state index is 10.4. The molecule has 0 amide bonds. The van der Waals surface area contributed by atoms with Gasteiger partial charge in [0.25, 0.3) is 0 Å². The molecule has 0 fully saturated rings. The van der Waals surface area contributed by atoms with E-state index in [2.05, 4.69) is 0 Å². The number of unbranched alkanes of at least 4 members (excludes halogenated alkanes) is 4. The van der Waals surface area contributed by atoms with Gasteiger partial charge in [0, 0.05) is 12.8 Å². The van der Waals surface area contributed by atoms with E-state index in [4.69, 9.17) is 5.11 Å². The van der Waals surface area contributed by atoms with Crippen molar-refractivity contribution in [1.29, 1.82) is 0 Å². The minimum atomic E-state index is -0.688. The van der Waals surface area contributed by atoms with Crippen LogP contribution in [0.1, 0.15) is 96.3 Å². The average molecular weight is 296 g/mol. The Morgan fingerprint density at radius 2 is 1.38 bits per heavy atom. The molecule has 0 heterocycles. The molecular formula is C18H32O3. The molecule has 0 aromatic heterocycles.